The average molecular weight is 635 g/mol. The van der Waals surface area contributed by atoms with Crippen molar-refractivity contribution < 1.29 is 19.2 Å². The van der Waals surface area contributed by atoms with Crippen LogP contribution in [0.1, 0.15) is 36.1 Å². The molecule has 0 bridgehead atoms. The van der Waals surface area contributed by atoms with Gasteiger partial charge in [0.25, 0.3) is 11.2 Å². The molecule has 0 saturated carbocycles. The molecule has 1 atom stereocenters. The molecule has 0 aliphatic carbocycles. The van der Waals surface area contributed by atoms with E-state index in [2.05, 4.69) is 15.9 Å². The van der Waals surface area contributed by atoms with E-state index in [1.165, 1.54) is 30.6 Å². The summed E-state index contributed by atoms with van der Waals surface area (Å²) in [7, 11) is 1.32. The number of halogens is 1. The van der Waals surface area contributed by atoms with Gasteiger partial charge in [0, 0.05) is 22.2 Å². The summed E-state index contributed by atoms with van der Waals surface area (Å²) in [5.74, 6) is 0.00384. The quantitative estimate of drug-likeness (QED) is 0.152. The van der Waals surface area contributed by atoms with E-state index in [0.29, 0.717) is 38.3 Å². The van der Waals surface area contributed by atoms with Crippen molar-refractivity contribution in [2.45, 2.75) is 26.0 Å². The number of nitro benzene ring substituents is 1. The van der Waals surface area contributed by atoms with E-state index in [9.17, 15) is 19.7 Å². The van der Waals surface area contributed by atoms with Gasteiger partial charge >= 0.3 is 5.97 Å². The van der Waals surface area contributed by atoms with Crippen LogP contribution in [0.15, 0.2) is 98.3 Å². The third kappa shape index (κ3) is 5.77. The van der Waals surface area contributed by atoms with E-state index in [1.807, 2.05) is 49.4 Å². The van der Waals surface area contributed by atoms with E-state index >= 15 is 0 Å². The Morgan fingerprint density at radius 2 is 1.88 bits per heavy atom. The summed E-state index contributed by atoms with van der Waals surface area (Å²) in [5.41, 5.74) is 2.82. The van der Waals surface area contributed by atoms with Crippen molar-refractivity contribution in [2.75, 3.05) is 7.11 Å². The first-order valence-corrected chi connectivity index (χ1v) is 14.3. The number of rotatable bonds is 8. The number of esters is 1. The Morgan fingerprint density at radius 1 is 1.15 bits per heavy atom. The smallest absolute Gasteiger partial charge is 0.338 e. The maximum absolute atomic E-state index is 13.9. The van der Waals surface area contributed by atoms with E-state index in [-0.39, 0.29) is 17.9 Å². The molecule has 1 aliphatic rings. The van der Waals surface area contributed by atoms with Crippen molar-refractivity contribution in [3.63, 3.8) is 0 Å². The van der Waals surface area contributed by atoms with Crippen molar-refractivity contribution in [3.8, 4) is 5.75 Å². The van der Waals surface area contributed by atoms with Crippen molar-refractivity contribution in [3.05, 3.63) is 135 Å². The molecule has 1 aromatic heterocycles. The van der Waals surface area contributed by atoms with Gasteiger partial charge in [-0.2, -0.15) is 0 Å². The first-order valence-electron chi connectivity index (χ1n) is 12.6. The van der Waals surface area contributed by atoms with Crippen LogP contribution in [0.2, 0.25) is 0 Å². The molecule has 4 aromatic rings. The van der Waals surface area contributed by atoms with Crippen LogP contribution in [0.5, 0.6) is 5.75 Å². The van der Waals surface area contributed by atoms with Gasteiger partial charge in [0.2, 0.25) is 0 Å². The molecule has 2 heterocycles. The molecule has 11 heteroatoms. The molecule has 0 fully saturated rings. The number of nitrogens with zero attached hydrogens (tertiary/aromatic N) is 3. The highest BCUT2D eigenvalue weighted by Crippen LogP contribution is 2.32. The summed E-state index contributed by atoms with van der Waals surface area (Å²) < 4.78 is 13.9. The first kappa shape index (κ1) is 28.2. The van der Waals surface area contributed by atoms with Gasteiger partial charge in [-0.15, -0.1) is 0 Å². The van der Waals surface area contributed by atoms with Crippen LogP contribution >= 0.6 is 27.3 Å². The maximum Gasteiger partial charge on any atom is 0.338 e. The lowest BCUT2D eigenvalue weighted by molar-refractivity contribution is -0.384. The van der Waals surface area contributed by atoms with Gasteiger partial charge in [0.05, 0.1) is 33.9 Å². The molecule has 1 aliphatic heterocycles. The summed E-state index contributed by atoms with van der Waals surface area (Å²) in [5, 5.41) is 11.0. The lowest BCUT2D eigenvalue weighted by Crippen LogP contribution is -2.40. The van der Waals surface area contributed by atoms with E-state index in [0.717, 1.165) is 15.6 Å². The Bertz CT molecular complexity index is 1850. The Hall–Kier alpha value is -4.35. The second-order valence-corrected chi connectivity index (χ2v) is 11.0. The monoisotopic (exact) mass is 633 g/mol. The fourth-order valence-electron chi connectivity index (χ4n) is 4.59. The number of hydrogen-bond donors (Lipinski definition) is 0. The number of non-ortho nitro benzene ring substituents is 1. The van der Waals surface area contributed by atoms with Crippen LogP contribution in [0.3, 0.4) is 0 Å². The van der Waals surface area contributed by atoms with Crippen LogP contribution in [0.4, 0.5) is 5.69 Å². The van der Waals surface area contributed by atoms with Gasteiger partial charge in [-0.25, -0.2) is 9.79 Å². The third-order valence-corrected chi connectivity index (χ3v) is 8.04. The van der Waals surface area contributed by atoms with E-state index in [4.69, 9.17) is 14.5 Å². The number of benzene rings is 3. The zero-order valence-electron chi connectivity index (χ0n) is 22.1. The highest BCUT2D eigenvalue weighted by molar-refractivity contribution is 9.10. The molecule has 0 saturated heterocycles. The van der Waals surface area contributed by atoms with Crippen LogP contribution < -0.4 is 19.6 Å². The molecule has 41 heavy (non-hydrogen) atoms. The molecule has 3 aromatic carbocycles. The van der Waals surface area contributed by atoms with E-state index < -0.39 is 16.9 Å². The number of hydrogen-bond acceptors (Lipinski definition) is 8. The molecule has 5 rings (SSSR count). The first-order chi connectivity index (χ1) is 19.8. The van der Waals surface area contributed by atoms with Gasteiger partial charge in [-0.1, -0.05) is 64.5 Å². The minimum absolute atomic E-state index is 0.00356. The number of methoxy groups -OCH3 is 1. The minimum atomic E-state index is -0.683. The molecule has 0 spiro atoms. The SMILES string of the molecule is CCC1=C(C(=O)OC)[C@H](c2ccccc2)n2c(s/c(=C\c3cc(Br)ccc3OCc3ccc([N+](=O)[O-])cc3)c2=O)=N1. The number of ether oxygens (including phenoxy) is 2. The normalized spacial score (nSPS) is 14.8. The van der Waals surface area contributed by atoms with Gasteiger partial charge in [-0.3, -0.25) is 19.5 Å². The Morgan fingerprint density at radius 3 is 2.54 bits per heavy atom. The number of fused-ring (bicyclic) bond motifs is 1. The summed E-state index contributed by atoms with van der Waals surface area (Å²) in [6.45, 7) is 2.09. The van der Waals surface area contributed by atoms with Gasteiger partial charge in [0.1, 0.15) is 12.4 Å². The summed E-state index contributed by atoms with van der Waals surface area (Å²) in [6.07, 6.45) is 2.24. The summed E-state index contributed by atoms with van der Waals surface area (Å²) in [6, 6.07) is 20.3. The fourth-order valence-corrected chi connectivity index (χ4v) is 5.98. The zero-order chi connectivity index (χ0) is 29.1. The Kier molecular flexibility index (Phi) is 8.27. The molecule has 0 radical (unpaired) electrons. The van der Waals surface area contributed by atoms with Crippen molar-refractivity contribution in [1.29, 1.82) is 0 Å². The Balaban J connectivity index is 1.59. The second kappa shape index (κ2) is 12.0. The van der Waals surface area contributed by atoms with Crippen LogP contribution in [-0.4, -0.2) is 22.6 Å². The highest BCUT2D eigenvalue weighted by Gasteiger charge is 2.33. The standard InChI is InChI=1S/C30H24BrN3O6S/c1-3-23-26(29(36)39-2)27(19-7-5-4-6-8-19)33-28(35)25(41-30(33)32-23)16-20-15-21(31)11-14-24(20)40-17-18-9-12-22(13-10-18)34(37)38/h4-16,27H,3,17H2,1-2H3/b25-16-/t27-/m0/s1. The predicted octanol–water partition coefficient (Wildman–Crippen LogP) is 5.05. The summed E-state index contributed by atoms with van der Waals surface area (Å²) >= 11 is 4.73. The average Bonchev–Trinajstić information content (AvgIpc) is 3.30. The lowest BCUT2D eigenvalue weighted by Gasteiger charge is -2.25. The number of nitro groups is 1. The minimum Gasteiger partial charge on any atom is -0.488 e. The Labute approximate surface area is 247 Å². The van der Waals surface area contributed by atoms with Crippen LogP contribution in [0.25, 0.3) is 6.08 Å². The molecule has 0 unspecified atom stereocenters. The van der Waals surface area contributed by atoms with Crippen LogP contribution in [0, 0.1) is 10.1 Å². The van der Waals surface area contributed by atoms with Gasteiger partial charge in [0.15, 0.2) is 4.80 Å². The lowest BCUT2D eigenvalue weighted by atomic mass is 9.95. The predicted molar refractivity (Wildman–Crippen MR) is 158 cm³/mol. The second-order valence-electron chi connectivity index (χ2n) is 9.09. The molecule has 0 amide bonds. The van der Waals surface area contributed by atoms with Crippen molar-refractivity contribution in [1.82, 2.24) is 4.57 Å². The number of allylic oxidation sites excluding steroid dienone is 1. The van der Waals surface area contributed by atoms with Gasteiger partial charge in [-0.05, 0) is 54.0 Å². The number of thiazole rings is 1. The number of aromatic nitrogens is 1. The topological polar surface area (TPSA) is 113 Å². The third-order valence-electron chi connectivity index (χ3n) is 6.57. The molecular weight excluding hydrogens is 610 g/mol. The zero-order valence-corrected chi connectivity index (χ0v) is 24.5. The molecular formula is C30H24BrN3O6S. The molecule has 0 N–H and O–H groups in total. The van der Waals surface area contributed by atoms with E-state index in [1.54, 1.807) is 28.8 Å². The maximum atomic E-state index is 13.9. The summed E-state index contributed by atoms with van der Waals surface area (Å²) in [4.78, 5) is 42.6. The fraction of sp³-hybridized carbons (Fsp3) is 0.167. The molecule has 208 valence electrons. The number of carbonyl (C=O) groups is 1. The highest BCUT2D eigenvalue weighted by atomic mass is 79.9. The van der Waals surface area contributed by atoms with Crippen molar-refractivity contribution >= 4 is 45.0 Å². The number of carbonyl (C=O) groups excluding carboxylic acids is 1. The van der Waals surface area contributed by atoms with Crippen molar-refractivity contribution in [2.24, 2.45) is 4.99 Å². The van der Waals surface area contributed by atoms with Gasteiger partial charge < -0.3 is 9.47 Å². The largest absolute Gasteiger partial charge is 0.488 e. The molecule has 9 nitrogen and oxygen atoms in total. The van der Waals surface area contributed by atoms with Crippen LogP contribution in [-0.2, 0) is 16.1 Å².